The van der Waals surface area contributed by atoms with Crippen LogP contribution in [-0.2, 0) is 4.79 Å². The van der Waals surface area contributed by atoms with Crippen molar-refractivity contribution in [2.24, 2.45) is 0 Å². The van der Waals surface area contributed by atoms with Crippen LogP contribution in [0.15, 0.2) is 0 Å². The topological polar surface area (TPSA) is 61.4 Å². The van der Waals surface area contributed by atoms with Gasteiger partial charge in [0.05, 0.1) is 0 Å². The lowest BCUT2D eigenvalue weighted by Gasteiger charge is -2.50. The van der Waals surface area contributed by atoms with Crippen LogP contribution in [0.25, 0.3) is 0 Å². The highest BCUT2D eigenvalue weighted by Gasteiger charge is 2.58. The van der Waals surface area contributed by atoms with E-state index in [1.165, 1.54) is 30.6 Å². The van der Waals surface area contributed by atoms with Gasteiger partial charge in [0.25, 0.3) is 5.91 Å². The average molecular weight is 338 g/mol. The molecule has 2 N–H and O–H groups in total. The molecule has 1 spiro atoms. The first-order valence-electron chi connectivity index (χ1n) is 9.54. The van der Waals surface area contributed by atoms with Crippen LogP contribution in [0.3, 0.4) is 0 Å². The predicted molar refractivity (Wildman–Crippen MR) is 96.9 cm³/mol. The summed E-state index contributed by atoms with van der Waals surface area (Å²) in [6, 6.07) is -0.206. The number of hydrogen-bond acceptors (Lipinski definition) is 3. The van der Waals surface area contributed by atoms with E-state index >= 15 is 0 Å². The van der Waals surface area contributed by atoms with Crippen molar-refractivity contribution >= 4 is 11.9 Å². The van der Waals surface area contributed by atoms with Crippen molar-refractivity contribution in [3.63, 3.8) is 0 Å². The number of nitrogens with one attached hydrogen (secondary N) is 2. The minimum Gasteiger partial charge on any atom is -0.323 e. The number of nitrogens with zero attached hydrogens (tertiary/aromatic N) is 1. The number of carbonyl (C=O) groups is 2. The van der Waals surface area contributed by atoms with Crippen molar-refractivity contribution in [1.82, 2.24) is 15.5 Å². The molecule has 3 amide bonds. The van der Waals surface area contributed by atoms with Crippen LogP contribution in [0.5, 0.6) is 0 Å². The van der Waals surface area contributed by atoms with E-state index in [1.807, 2.05) is 0 Å². The number of unbranched alkanes of at least 4 members (excludes halogenated alkanes) is 5. The van der Waals surface area contributed by atoms with Gasteiger partial charge in [-0.05, 0) is 47.0 Å². The zero-order valence-corrected chi connectivity index (χ0v) is 16.1. The fraction of sp³-hybridized carbons (Fsp3) is 0.895. The third-order valence-electron chi connectivity index (χ3n) is 5.15. The van der Waals surface area contributed by atoms with Gasteiger partial charge in [-0.3, -0.25) is 9.69 Å². The molecular formula is C19H35N3O2. The van der Waals surface area contributed by atoms with Crippen molar-refractivity contribution in [1.29, 1.82) is 0 Å². The van der Waals surface area contributed by atoms with E-state index in [9.17, 15) is 9.59 Å². The van der Waals surface area contributed by atoms with Crippen molar-refractivity contribution < 1.29 is 9.59 Å². The van der Waals surface area contributed by atoms with Gasteiger partial charge in [-0.25, -0.2) is 4.79 Å². The number of piperidine rings is 1. The largest absolute Gasteiger partial charge is 0.325 e. The number of imide groups is 1. The highest BCUT2D eigenvalue weighted by Crippen LogP contribution is 2.39. The molecule has 0 atom stereocenters. The van der Waals surface area contributed by atoms with Gasteiger partial charge in [-0.15, -0.1) is 0 Å². The molecule has 138 valence electrons. The fourth-order valence-corrected chi connectivity index (χ4v) is 4.74. The Morgan fingerprint density at radius 2 is 1.46 bits per heavy atom. The Bertz CT molecular complexity index is 469. The fourth-order valence-electron chi connectivity index (χ4n) is 4.74. The summed E-state index contributed by atoms with van der Waals surface area (Å²) in [6.07, 6.45) is 8.20. The molecule has 24 heavy (non-hydrogen) atoms. The smallest absolute Gasteiger partial charge is 0.323 e. The lowest BCUT2D eigenvalue weighted by molar-refractivity contribution is -0.134. The molecule has 0 radical (unpaired) electrons. The van der Waals surface area contributed by atoms with Crippen LogP contribution in [0, 0.1) is 0 Å². The van der Waals surface area contributed by atoms with E-state index in [0.29, 0.717) is 19.4 Å². The molecule has 0 aromatic heterocycles. The molecule has 2 aliphatic heterocycles. The van der Waals surface area contributed by atoms with Gasteiger partial charge < -0.3 is 10.6 Å². The minimum atomic E-state index is -0.739. The standard InChI is InChI=1S/C19H35N3O2/c1-6-7-8-9-10-11-12-22-15(23)19(20-16(22)24)13-17(2,3)21-18(4,5)14-19/h21H,6-14H2,1-5H3,(H,20,24). The molecule has 0 bridgehead atoms. The second-order valence-corrected chi connectivity index (χ2v) is 8.98. The molecule has 0 saturated carbocycles. The van der Waals surface area contributed by atoms with Gasteiger partial charge in [-0.1, -0.05) is 39.0 Å². The van der Waals surface area contributed by atoms with Gasteiger partial charge in [-0.2, -0.15) is 0 Å². The van der Waals surface area contributed by atoms with Crippen LogP contribution in [0.1, 0.15) is 86.0 Å². The van der Waals surface area contributed by atoms with Crippen LogP contribution in [-0.4, -0.2) is 40.0 Å². The Labute approximate surface area is 146 Å². The van der Waals surface area contributed by atoms with Crippen molar-refractivity contribution in [3.05, 3.63) is 0 Å². The van der Waals surface area contributed by atoms with Crippen molar-refractivity contribution in [3.8, 4) is 0 Å². The number of urea groups is 1. The molecule has 0 aromatic rings. The molecule has 2 fully saturated rings. The molecule has 0 unspecified atom stereocenters. The summed E-state index contributed by atoms with van der Waals surface area (Å²) >= 11 is 0. The SMILES string of the molecule is CCCCCCCCN1C(=O)NC2(CC(C)(C)NC(C)(C)C2)C1=O. The molecule has 0 aromatic carbocycles. The highest BCUT2D eigenvalue weighted by molar-refractivity contribution is 6.07. The summed E-state index contributed by atoms with van der Waals surface area (Å²) in [4.78, 5) is 26.9. The molecule has 2 heterocycles. The average Bonchev–Trinajstić information content (AvgIpc) is 2.62. The third kappa shape index (κ3) is 4.29. The predicted octanol–water partition coefficient (Wildman–Crippen LogP) is 3.58. The first-order chi connectivity index (χ1) is 11.1. The Kier molecular flexibility index (Phi) is 5.63. The van der Waals surface area contributed by atoms with E-state index in [1.54, 1.807) is 0 Å². The Morgan fingerprint density at radius 3 is 2.04 bits per heavy atom. The van der Waals surface area contributed by atoms with E-state index in [0.717, 1.165) is 12.8 Å². The Morgan fingerprint density at radius 1 is 0.917 bits per heavy atom. The molecule has 5 heteroatoms. The second-order valence-electron chi connectivity index (χ2n) is 8.98. The Balaban J connectivity index is 1.98. The van der Waals surface area contributed by atoms with E-state index in [4.69, 9.17) is 0 Å². The lowest BCUT2D eigenvalue weighted by atomic mass is 9.71. The zero-order valence-electron chi connectivity index (χ0n) is 16.1. The minimum absolute atomic E-state index is 0.0243. The molecule has 5 nitrogen and oxygen atoms in total. The molecular weight excluding hydrogens is 302 g/mol. The number of carbonyl (C=O) groups excluding carboxylic acids is 2. The summed E-state index contributed by atoms with van der Waals surface area (Å²) in [6.45, 7) is 11.2. The highest BCUT2D eigenvalue weighted by atomic mass is 16.2. The van der Waals surface area contributed by atoms with Gasteiger partial charge in [0.1, 0.15) is 5.54 Å². The van der Waals surface area contributed by atoms with Crippen molar-refractivity contribution in [2.75, 3.05) is 6.54 Å². The molecule has 2 rings (SSSR count). The van der Waals surface area contributed by atoms with Crippen LogP contribution in [0.4, 0.5) is 4.79 Å². The van der Waals surface area contributed by atoms with Crippen LogP contribution in [0.2, 0.25) is 0 Å². The zero-order chi connectivity index (χ0) is 18.0. The number of hydrogen-bond donors (Lipinski definition) is 2. The number of rotatable bonds is 7. The first kappa shape index (κ1) is 19.2. The van der Waals surface area contributed by atoms with E-state index in [-0.39, 0.29) is 23.0 Å². The maximum Gasteiger partial charge on any atom is 0.325 e. The van der Waals surface area contributed by atoms with Gasteiger partial charge in [0.2, 0.25) is 0 Å². The summed E-state index contributed by atoms with van der Waals surface area (Å²) in [5, 5.41) is 6.62. The Hall–Kier alpha value is -1.10. The quantitative estimate of drug-likeness (QED) is 0.551. The van der Waals surface area contributed by atoms with E-state index in [2.05, 4.69) is 45.3 Å². The van der Waals surface area contributed by atoms with Crippen LogP contribution < -0.4 is 10.6 Å². The normalized spacial score (nSPS) is 24.5. The third-order valence-corrected chi connectivity index (χ3v) is 5.15. The maximum absolute atomic E-state index is 13.0. The summed E-state index contributed by atoms with van der Waals surface area (Å²) < 4.78 is 0. The monoisotopic (exact) mass is 337 g/mol. The van der Waals surface area contributed by atoms with Gasteiger partial charge in [0, 0.05) is 17.6 Å². The van der Waals surface area contributed by atoms with Crippen LogP contribution >= 0.6 is 0 Å². The summed E-state index contributed by atoms with van der Waals surface area (Å²) in [5.74, 6) is -0.0243. The maximum atomic E-state index is 13.0. The summed E-state index contributed by atoms with van der Waals surface area (Å²) in [7, 11) is 0. The first-order valence-corrected chi connectivity index (χ1v) is 9.54. The molecule has 2 aliphatic rings. The molecule has 0 aliphatic carbocycles. The lowest BCUT2D eigenvalue weighted by Crippen LogP contribution is -2.68. The molecule has 2 saturated heterocycles. The second kappa shape index (κ2) is 7.03. The summed E-state index contributed by atoms with van der Waals surface area (Å²) in [5.41, 5.74) is -1.10. The number of amides is 3. The van der Waals surface area contributed by atoms with E-state index < -0.39 is 5.54 Å². The van der Waals surface area contributed by atoms with Gasteiger partial charge >= 0.3 is 6.03 Å². The van der Waals surface area contributed by atoms with Crippen molar-refractivity contribution in [2.45, 2.75) is 103 Å². The van der Waals surface area contributed by atoms with Gasteiger partial charge in [0.15, 0.2) is 0 Å².